The Kier molecular flexibility index (Phi) is 11.0. The van der Waals surface area contributed by atoms with Crippen LogP contribution in [-0.2, 0) is 19.2 Å². The molecule has 2 fully saturated rings. The summed E-state index contributed by atoms with van der Waals surface area (Å²) >= 11 is 0. The van der Waals surface area contributed by atoms with Gasteiger partial charge in [-0.25, -0.2) is 25.1 Å². The summed E-state index contributed by atoms with van der Waals surface area (Å²) in [4.78, 5) is 44.9. The van der Waals surface area contributed by atoms with Crippen molar-refractivity contribution in [3.8, 4) is 0 Å². The Bertz CT molecular complexity index is 844. The van der Waals surface area contributed by atoms with Crippen LogP contribution in [0.4, 0.5) is 10.5 Å². The highest BCUT2D eigenvalue weighted by Gasteiger charge is 2.36. The van der Waals surface area contributed by atoms with E-state index >= 15 is 0 Å². The number of para-hydroxylation sites is 1. The van der Waals surface area contributed by atoms with Crippen LogP contribution in [0.15, 0.2) is 30.3 Å². The van der Waals surface area contributed by atoms with Crippen molar-refractivity contribution >= 4 is 23.5 Å². The van der Waals surface area contributed by atoms with Gasteiger partial charge >= 0.3 is 6.03 Å². The summed E-state index contributed by atoms with van der Waals surface area (Å²) in [5, 5.41) is 5.92. The smallest absolute Gasteiger partial charge is 0.340 e. The van der Waals surface area contributed by atoms with Gasteiger partial charge in [-0.3, -0.25) is 9.59 Å². The summed E-state index contributed by atoms with van der Waals surface area (Å²) in [5.41, 5.74) is 3.13. The third-order valence-electron chi connectivity index (χ3n) is 6.67. The third-order valence-corrected chi connectivity index (χ3v) is 6.67. The molecule has 1 aliphatic carbocycles. The van der Waals surface area contributed by atoms with Gasteiger partial charge in [0.1, 0.15) is 0 Å². The maximum Gasteiger partial charge on any atom is 0.340 e. The molecule has 1 saturated carbocycles. The van der Waals surface area contributed by atoms with Gasteiger partial charge < -0.3 is 10.1 Å². The number of ether oxygens (including phenoxy) is 1. The summed E-state index contributed by atoms with van der Waals surface area (Å²) in [7, 11) is 0. The zero-order chi connectivity index (χ0) is 25.9. The minimum absolute atomic E-state index is 0.0108. The predicted molar refractivity (Wildman–Crippen MR) is 137 cm³/mol. The minimum atomic E-state index is -0.584. The van der Waals surface area contributed by atoms with Crippen molar-refractivity contribution in [2.45, 2.75) is 78.4 Å². The van der Waals surface area contributed by atoms with Crippen molar-refractivity contribution in [3.05, 3.63) is 30.3 Å². The van der Waals surface area contributed by atoms with Crippen LogP contribution in [0, 0.1) is 17.8 Å². The zero-order valence-electron chi connectivity index (χ0n) is 21.9. The number of hydrogen-bond acceptors (Lipinski definition) is 5. The summed E-state index contributed by atoms with van der Waals surface area (Å²) in [6.45, 7) is 7.24. The van der Waals surface area contributed by atoms with Crippen LogP contribution in [0.25, 0.3) is 0 Å². The monoisotopic (exact) mass is 502 g/mol. The highest BCUT2D eigenvalue weighted by molar-refractivity contribution is 5.92. The highest BCUT2D eigenvalue weighted by Crippen LogP contribution is 2.33. The van der Waals surface area contributed by atoms with Crippen molar-refractivity contribution < 1.29 is 24.0 Å². The molecule has 36 heavy (non-hydrogen) atoms. The van der Waals surface area contributed by atoms with Gasteiger partial charge in [-0.2, -0.15) is 0 Å². The molecule has 2 N–H and O–H groups in total. The van der Waals surface area contributed by atoms with Crippen LogP contribution in [0.5, 0.6) is 0 Å². The van der Waals surface area contributed by atoms with E-state index in [-0.39, 0.29) is 24.3 Å². The Balaban J connectivity index is 1.64. The lowest BCUT2D eigenvalue weighted by atomic mass is 9.89. The summed E-state index contributed by atoms with van der Waals surface area (Å²) in [6.07, 6.45) is 6.15. The van der Waals surface area contributed by atoms with Gasteiger partial charge in [0, 0.05) is 31.1 Å². The molecule has 2 aliphatic rings. The molecular formula is C27H42N4O5. The van der Waals surface area contributed by atoms with Gasteiger partial charge in [-0.15, -0.1) is 0 Å². The summed E-state index contributed by atoms with van der Waals surface area (Å²) in [5.74, 6) is -0.287. The number of hydroxylamine groups is 1. The first kappa shape index (κ1) is 27.9. The molecule has 1 unspecified atom stereocenters. The quantitative estimate of drug-likeness (QED) is 0.337. The number of benzene rings is 1. The number of hydrogen-bond donors (Lipinski definition) is 2. The molecule has 9 heteroatoms. The lowest BCUT2D eigenvalue weighted by Gasteiger charge is -2.40. The molecule has 1 aliphatic heterocycles. The van der Waals surface area contributed by atoms with Gasteiger partial charge in [-0.1, -0.05) is 57.7 Å². The van der Waals surface area contributed by atoms with Gasteiger partial charge in [0.15, 0.2) is 6.29 Å². The molecule has 9 nitrogen and oxygen atoms in total. The van der Waals surface area contributed by atoms with Gasteiger partial charge in [0.2, 0.25) is 11.8 Å². The zero-order valence-corrected chi connectivity index (χ0v) is 21.9. The molecule has 4 amide bonds. The van der Waals surface area contributed by atoms with E-state index in [4.69, 9.17) is 9.57 Å². The maximum absolute atomic E-state index is 13.8. The number of nitrogens with zero attached hydrogens (tertiary/aromatic N) is 2. The van der Waals surface area contributed by atoms with Crippen LogP contribution in [-0.4, -0.2) is 53.8 Å². The number of carbonyl (C=O) groups is 3. The number of amides is 4. The third kappa shape index (κ3) is 8.78. The van der Waals surface area contributed by atoms with Crippen molar-refractivity contribution in [2.24, 2.45) is 17.8 Å². The van der Waals surface area contributed by atoms with Crippen LogP contribution in [0.3, 0.4) is 0 Å². The first-order chi connectivity index (χ1) is 17.3. The number of carbonyl (C=O) groups excluding carboxylic acids is 3. The second-order valence-corrected chi connectivity index (χ2v) is 10.3. The van der Waals surface area contributed by atoms with Crippen LogP contribution in [0.1, 0.15) is 72.1 Å². The lowest BCUT2D eigenvalue weighted by Crippen LogP contribution is -2.56. The normalized spacial score (nSPS) is 18.2. The average Bonchev–Trinajstić information content (AvgIpc) is 3.39. The van der Waals surface area contributed by atoms with E-state index < -0.39 is 12.2 Å². The standard InChI is InChI=1S/C27H42N4O5/c1-20(2)19-35-21(3)36-29-25(32)18-23(17-22-11-7-8-12-22)26(33)30-15-9-10-16-31(30)27(34)28-24-13-5-4-6-14-24/h4-6,13-14,20-23H,7-12,15-19H2,1-3H3,(H,28,34)(H,29,32)/t21?,23-/m1/s1. The van der Waals surface area contributed by atoms with E-state index in [9.17, 15) is 14.4 Å². The molecule has 1 saturated heterocycles. The number of rotatable bonds is 11. The SMILES string of the molecule is CC(C)COC(C)ONC(=O)C[C@@H](CC1CCCC1)C(=O)N1CCCCN1C(=O)Nc1ccccc1. The molecule has 200 valence electrons. The van der Waals surface area contributed by atoms with Crippen LogP contribution >= 0.6 is 0 Å². The van der Waals surface area contributed by atoms with E-state index in [0.717, 1.165) is 38.5 Å². The van der Waals surface area contributed by atoms with Gasteiger partial charge in [-0.05, 0) is 50.2 Å². The topological polar surface area (TPSA) is 100 Å². The summed E-state index contributed by atoms with van der Waals surface area (Å²) in [6, 6.07) is 8.87. The fraction of sp³-hybridized carbons (Fsp3) is 0.667. The fourth-order valence-electron chi connectivity index (χ4n) is 4.82. The predicted octanol–water partition coefficient (Wildman–Crippen LogP) is 4.71. The molecule has 1 aromatic rings. The number of anilines is 1. The van der Waals surface area contributed by atoms with Crippen molar-refractivity contribution in [3.63, 3.8) is 0 Å². The Morgan fingerprint density at radius 1 is 0.972 bits per heavy atom. The molecule has 0 aromatic heterocycles. The van der Waals surface area contributed by atoms with Gasteiger partial charge in [0.25, 0.3) is 0 Å². The lowest BCUT2D eigenvalue weighted by molar-refractivity contribution is -0.184. The van der Waals surface area contributed by atoms with E-state index in [1.807, 2.05) is 44.2 Å². The van der Waals surface area contributed by atoms with Crippen LogP contribution in [0.2, 0.25) is 0 Å². The second kappa shape index (κ2) is 14.2. The van der Waals surface area contributed by atoms with E-state index in [2.05, 4.69) is 10.8 Å². The largest absolute Gasteiger partial charge is 0.350 e. The Morgan fingerprint density at radius 2 is 1.64 bits per heavy atom. The van der Waals surface area contributed by atoms with E-state index in [1.165, 1.54) is 5.01 Å². The number of hydrazine groups is 1. The molecule has 3 rings (SSSR count). The van der Waals surface area contributed by atoms with E-state index in [1.54, 1.807) is 11.9 Å². The molecular weight excluding hydrogens is 460 g/mol. The minimum Gasteiger partial charge on any atom is -0.350 e. The van der Waals surface area contributed by atoms with E-state index in [0.29, 0.717) is 43.6 Å². The van der Waals surface area contributed by atoms with Gasteiger partial charge in [0.05, 0.1) is 6.61 Å². The number of nitrogens with one attached hydrogen (secondary N) is 2. The van der Waals surface area contributed by atoms with Crippen molar-refractivity contribution in [2.75, 3.05) is 25.0 Å². The highest BCUT2D eigenvalue weighted by atomic mass is 16.8. The Labute approximate surface area is 214 Å². The number of urea groups is 1. The van der Waals surface area contributed by atoms with Crippen LogP contribution < -0.4 is 10.8 Å². The molecule has 0 bridgehead atoms. The Morgan fingerprint density at radius 3 is 2.31 bits per heavy atom. The molecule has 1 heterocycles. The molecule has 0 radical (unpaired) electrons. The fourth-order valence-corrected chi connectivity index (χ4v) is 4.82. The summed E-state index contributed by atoms with van der Waals surface area (Å²) < 4.78 is 5.54. The first-order valence-corrected chi connectivity index (χ1v) is 13.3. The molecule has 0 spiro atoms. The Hall–Kier alpha value is -2.65. The van der Waals surface area contributed by atoms with Crippen molar-refractivity contribution in [1.82, 2.24) is 15.5 Å². The average molecular weight is 503 g/mol. The first-order valence-electron chi connectivity index (χ1n) is 13.3. The molecule has 1 aromatic carbocycles. The van der Waals surface area contributed by atoms with Crippen molar-refractivity contribution in [1.29, 1.82) is 0 Å². The maximum atomic E-state index is 13.8. The molecule has 2 atom stereocenters. The second-order valence-electron chi connectivity index (χ2n) is 10.3.